The van der Waals surface area contributed by atoms with Gasteiger partial charge in [-0.1, -0.05) is 18.6 Å². The lowest BCUT2D eigenvalue weighted by atomic mass is 9.90. The average molecular weight is 450 g/mol. The first-order valence-corrected chi connectivity index (χ1v) is 10.3. The second kappa shape index (κ2) is 8.42. The summed E-state index contributed by atoms with van der Waals surface area (Å²) in [4.78, 5) is 24.9. The van der Waals surface area contributed by atoms with E-state index in [0.29, 0.717) is 18.4 Å². The molecule has 2 aromatic rings. The quantitative estimate of drug-likeness (QED) is 0.433. The van der Waals surface area contributed by atoms with Crippen molar-refractivity contribution in [2.24, 2.45) is 0 Å². The Bertz CT molecular complexity index is 1000. The van der Waals surface area contributed by atoms with E-state index in [9.17, 15) is 28.1 Å². The van der Waals surface area contributed by atoms with Gasteiger partial charge in [0.05, 0.1) is 23.1 Å². The molecule has 2 aliphatic rings. The molecule has 1 unspecified atom stereocenters. The van der Waals surface area contributed by atoms with Crippen LogP contribution in [0.2, 0.25) is 0 Å². The minimum Gasteiger partial charge on any atom is -0.410 e. The zero-order chi connectivity index (χ0) is 22.9. The van der Waals surface area contributed by atoms with Crippen LogP contribution in [0.15, 0.2) is 48.5 Å². The molecule has 0 radical (unpaired) electrons. The van der Waals surface area contributed by atoms with Crippen LogP contribution in [0.3, 0.4) is 0 Å². The minimum atomic E-state index is -4.51. The van der Waals surface area contributed by atoms with Gasteiger partial charge in [-0.15, -0.1) is 0 Å². The van der Waals surface area contributed by atoms with Gasteiger partial charge in [0.1, 0.15) is 11.5 Å². The number of rotatable bonds is 3. The van der Waals surface area contributed by atoms with E-state index in [2.05, 4.69) is 0 Å². The molecule has 2 fully saturated rings. The highest BCUT2D eigenvalue weighted by molar-refractivity contribution is 5.73. The summed E-state index contributed by atoms with van der Waals surface area (Å²) in [5.74, 6) is 0.0984. The molecule has 4 rings (SSSR count). The van der Waals surface area contributed by atoms with Gasteiger partial charge in [0.25, 0.3) is 5.69 Å². The van der Waals surface area contributed by atoms with Crippen molar-refractivity contribution in [3.05, 3.63) is 69.8 Å². The Morgan fingerprint density at radius 3 is 2.44 bits per heavy atom. The van der Waals surface area contributed by atoms with E-state index < -0.39 is 34.5 Å². The molecule has 10 heteroatoms. The smallest absolute Gasteiger partial charge is 0.410 e. The highest BCUT2D eigenvalue weighted by atomic mass is 19.4. The fourth-order valence-electron chi connectivity index (χ4n) is 4.40. The average Bonchev–Trinajstić information content (AvgIpc) is 3.12. The van der Waals surface area contributed by atoms with Gasteiger partial charge >= 0.3 is 12.3 Å². The lowest BCUT2D eigenvalue weighted by molar-refractivity contribution is -0.384. The summed E-state index contributed by atoms with van der Waals surface area (Å²) in [5, 5.41) is 10.8. The standard InChI is InChI=1S/C22H21F3N2O5/c23-22(24,25)16-6-4-5-15(13-16)19-14-31-21(11-2-1-3-12-21)26(19)20(28)32-18-9-7-17(8-10-18)27(29)30/h4-10,13,19H,1-3,11-12,14H2. The van der Waals surface area contributed by atoms with E-state index in [0.717, 1.165) is 31.4 Å². The molecular weight excluding hydrogens is 429 g/mol. The van der Waals surface area contributed by atoms with E-state index in [4.69, 9.17) is 9.47 Å². The van der Waals surface area contributed by atoms with Gasteiger partial charge in [0.2, 0.25) is 0 Å². The number of hydrogen-bond donors (Lipinski definition) is 0. The second-order valence-electron chi connectivity index (χ2n) is 7.95. The summed E-state index contributed by atoms with van der Waals surface area (Å²) in [6.45, 7) is 0.0523. The SMILES string of the molecule is O=C(Oc1ccc([N+](=O)[O-])cc1)N1C(c2cccc(C(F)(F)F)c2)COC12CCCCC2. The second-order valence-corrected chi connectivity index (χ2v) is 7.95. The summed E-state index contributed by atoms with van der Waals surface area (Å²) in [6.07, 6.45) is -1.56. The van der Waals surface area contributed by atoms with Crippen molar-refractivity contribution < 1.29 is 32.4 Å². The number of nitro benzene ring substituents is 1. The fourth-order valence-corrected chi connectivity index (χ4v) is 4.40. The first kappa shape index (κ1) is 22.1. The van der Waals surface area contributed by atoms with Crippen molar-refractivity contribution in [1.82, 2.24) is 4.90 Å². The van der Waals surface area contributed by atoms with Crippen molar-refractivity contribution >= 4 is 11.8 Å². The lowest BCUT2D eigenvalue weighted by Gasteiger charge is -2.41. The Morgan fingerprint density at radius 1 is 1.12 bits per heavy atom. The molecule has 1 saturated carbocycles. The monoisotopic (exact) mass is 450 g/mol. The van der Waals surface area contributed by atoms with E-state index >= 15 is 0 Å². The van der Waals surface area contributed by atoms with Crippen LogP contribution in [-0.2, 0) is 10.9 Å². The topological polar surface area (TPSA) is 81.9 Å². The summed E-state index contributed by atoms with van der Waals surface area (Å²) in [6, 6.07) is 9.15. The highest BCUT2D eigenvalue weighted by Crippen LogP contribution is 2.46. The Hall–Kier alpha value is -3.14. The zero-order valence-corrected chi connectivity index (χ0v) is 17.0. The van der Waals surface area contributed by atoms with Crippen molar-refractivity contribution in [2.45, 2.75) is 50.0 Å². The first-order valence-electron chi connectivity index (χ1n) is 10.3. The van der Waals surface area contributed by atoms with Crippen LogP contribution in [0.5, 0.6) is 5.75 Å². The Morgan fingerprint density at radius 2 is 1.81 bits per heavy atom. The number of halogens is 3. The number of ether oxygens (including phenoxy) is 2. The maximum atomic E-state index is 13.3. The summed E-state index contributed by atoms with van der Waals surface area (Å²) < 4.78 is 51.3. The van der Waals surface area contributed by atoms with Gasteiger partial charge in [0.15, 0.2) is 0 Å². The lowest BCUT2D eigenvalue weighted by Crippen LogP contribution is -2.51. The molecule has 0 N–H and O–H groups in total. The van der Waals surface area contributed by atoms with E-state index in [1.54, 1.807) is 0 Å². The van der Waals surface area contributed by atoms with Crippen molar-refractivity contribution in [3.8, 4) is 5.75 Å². The van der Waals surface area contributed by atoms with Crippen LogP contribution in [0.4, 0.5) is 23.7 Å². The predicted molar refractivity (Wildman–Crippen MR) is 107 cm³/mol. The Balaban J connectivity index is 1.65. The number of nitro groups is 1. The predicted octanol–water partition coefficient (Wildman–Crippen LogP) is 5.85. The minimum absolute atomic E-state index is 0.0523. The number of nitrogens with zero attached hydrogens (tertiary/aromatic N) is 2. The number of hydrogen-bond acceptors (Lipinski definition) is 5. The molecule has 0 aromatic heterocycles. The van der Waals surface area contributed by atoms with Gasteiger partial charge in [-0.25, -0.2) is 4.79 Å². The van der Waals surface area contributed by atoms with Gasteiger partial charge < -0.3 is 9.47 Å². The summed E-state index contributed by atoms with van der Waals surface area (Å²) in [7, 11) is 0. The Labute approximate surface area is 181 Å². The van der Waals surface area contributed by atoms with Crippen LogP contribution in [0, 0.1) is 10.1 Å². The number of benzene rings is 2. The van der Waals surface area contributed by atoms with Crippen LogP contribution >= 0.6 is 0 Å². The third kappa shape index (κ3) is 4.27. The molecule has 1 heterocycles. The van der Waals surface area contributed by atoms with Gasteiger partial charge in [-0.05, 0) is 55.5 Å². The molecule has 1 atom stereocenters. The number of carbonyl (C=O) groups excluding carboxylic acids is 1. The van der Waals surface area contributed by atoms with Gasteiger partial charge in [-0.3, -0.25) is 15.0 Å². The van der Waals surface area contributed by atoms with Crippen LogP contribution in [-0.4, -0.2) is 28.2 Å². The molecule has 170 valence electrons. The van der Waals surface area contributed by atoms with Crippen LogP contribution in [0.25, 0.3) is 0 Å². The molecule has 2 aromatic carbocycles. The van der Waals surface area contributed by atoms with Crippen LogP contribution < -0.4 is 4.74 Å². The maximum absolute atomic E-state index is 13.3. The van der Waals surface area contributed by atoms with E-state index in [1.165, 1.54) is 41.3 Å². The molecule has 32 heavy (non-hydrogen) atoms. The summed E-state index contributed by atoms with van der Waals surface area (Å²) >= 11 is 0. The van der Waals surface area contributed by atoms with Gasteiger partial charge in [0, 0.05) is 12.1 Å². The number of alkyl halides is 3. The largest absolute Gasteiger partial charge is 0.418 e. The number of non-ortho nitro benzene ring substituents is 1. The Kier molecular flexibility index (Phi) is 5.81. The van der Waals surface area contributed by atoms with Crippen LogP contribution in [0.1, 0.15) is 49.3 Å². The third-order valence-corrected chi connectivity index (χ3v) is 5.94. The molecule has 7 nitrogen and oxygen atoms in total. The van der Waals surface area contributed by atoms with Crippen molar-refractivity contribution in [3.63, 3.8) is 0 Å². The molecule has 0 bridgehead atoms. The van der Waals surface area contributed by atoms with Gasteiger partial charge in [-0.2, -0.15) is 13.2 Å². The molecule has 1 spiro atoms. The van der Waals surface area contributed by atoms with E-state index in [-0.39, 0.29) is 18.0 Å². The third-order valence-electron chi connectivity index (χ3n) is 5.94. The molecule has 1 saturated heterocycles. The molecule has 1 aliphatic heterocycles. The number of amides is 1. The normalized spacial score (nSPS) is 20.3. The maximum Gasteiger partial charge on any atom is 0.418 e. The highest BCUT2D eigenvalue weighted by Gasteiger charge is 2.52. The first-order chi connectivity index (χ1) is 15.2. The van der Waals surface area contributed by atoms with Crippen molar-refractivity contribution in [1.29, 1.82) is 0 Å². The summed E-state index contributed by atoms with van der Waals surface area (Å²) in [5.41, 5.74) is -1.60. The number of carbonyl (C=O) groups is 1. The molecule has 1 amide bonds. The molecular formula is C22H21F3N2O5. The van der Waals surface area contributed by atoms with Crippen molar-refractivity contribution in [2.75, 3.05) is 6.61 Å². The fraction of sp³-hybridized carbons (Fsp3) is 0.409. The van der Waals surface area contributed by atoms with E-state index in [1.807, 2.05) is 0 Å². The zero-order valence-electron chi connectivity index (χ0n) is 17.0. The molecule has 1 aliphatic carbocycles.